The number of benzene rings is 1. The van der Waals surface area contributed by atoms with E-state index >= 15 is 0 Å². The molecule has 0 saturated carbocycles. The SMILES string of the molecule is CC(C)NC(=O)N1CCC(C(=O)Nc2ccc(OC(C)C)cc2)CC1. The van der Waals surface area contributed by atoms with Crippen LogP contribution in [-0.2, 0) is 4.79 Å². The Balaban J connectivity index is 1.81. The highest BCUT2D eigenvalue weighted by molar-refractivity contribution is 5.92. The second-order valence-corrected chi connectivity index (χ2v) is 7.05. The molecule has 2 N–H and O–H groups in total. The Kier molecular flexibility index (Phi) is 6.67. The molecule has 138 valence electrons. The van der Waals surface area contributed by atoms with Gasteiger partial charge in [-0.25, -0.2) is 4.79 Å². The average Bonchev–Trinajstić information content (AvgIpc) is 2.55. The molecule has 1 aromatic carbocycles. The molecule has 3 amide bonds. The fraction of sp³-hybridized carbons (Fsp3) is 0.579. The Morgan fingerprint density at radius 3 is 2.20 bits per heavy atom. The summed E-state index contributed by atoms with van der Waals surface area (Å²) >= 11 is 0. The number of urea groups is 1. The minimum atomic E-state index is -0.0605. The Morgan fingerprint density at radius 2 is 1.68 bits per heavy atom. The summed E-state index contributed by atoms with van der Waals surface area (Å²) in [7, 11) is 0. The number of rotatable bonds is 5. The zero-order valence-electron chi connectivity index (χ0n) is 15.5. The lowest BCUT2D eigenvalue weighted by Gasteiger charge is -2.32. The molecule has 1 aromatic rings. The van der Waals surface area contributed by atoms with Gasteiger partial charge in [0, 0.05) is 30.7 Å². The Labute approximate surface area is 149 Å². The number of ether oxygens (including phenoxy) is 1. The topological polar surface area (TPSA) is 70.7 Å². The van der Waals surface area contributed by atoms with Crippen LogP contribution in [0.15, 0.2) is 24.3 Å². The maximum atomic E-state index is 12.4. The zero-order valence-corrected chi connectivity index (χ0v) is 15.5. The van der Waals surface area contributed by atoms with Gasteiger partial charge in [-0.3, -0.25) is 4.79 Å². The van der Waals surface area contributed by atoms with Crippen LogP contribution in [-0.4, -0.2) is 42.1 Å². The van der Waals surface area contributed by atoms with Gasteiger partial charge in [0.1, 0.15) is 5.75 Å². The van der Waals surface area contributed by atoms with Gasteiger partial charge in [0.25, 0.3) is 0 Å². The number of anilines is 1. The number of carbonyl (C=O) groups excluding carboxylic acids is 2. The van der Waals surface area contributed by atoms with Crippen molar-refractivity contribution in [2.45, 2.75) is 52.7 Å². The summed E-state index contributed by atoms with van der Waals surface area (Å²) in [6.07, 6.45) is 1.50. The molecule has 0 radical (unpaired) electrons. The molecule has 0 unspecified atom stereocenters. The molecule has 0 aromatic heterocycles. The molecule has 0 bridgehead atoms. The summed E-state index contributed by atoms with van der Waals surface area (Å²) in [5.74, 6) is 0.744. The molecule has 25 heavy (non-hydrogen) atoms. The van der Waals surface area contributed by atoms with Gasteiger partial charge < -0.3 is 20.3 Å². The highest BCUT2D eigenvalue weighted by atomic mass is 16.5. The third-order valence-corrected chi connectivity index (χ3v) is 4.06. The Hall–Kier alpha value is -2.24. The maximum absolute atomic E-state index is 12.4. The maximum Gasteiger partial charge on any atom is 0.317 e. The summed E-state index contributed by atoms with van der Waals surface area (Å²) in [4.78, 5) is 26.2. The molecule has 0 atom stereocenters. The highest BCUT2D eigenvalue weighted by Crippen LogP contribution is 2.21. The van der Waals surface area contributed by atoms with E-state index in [1.54, 1.807) is 4.90 Å². The Bertz CT molecular complexity index is 576. The van der Waals surface area contributed by atoms with Gasteiger partial charge in [0.15, 0.2) is 0 Å². The third kappa shape index (κ3) is 5.96. The van der Waals surface area contributed by atoms with Gasteiger partial charge in [-0.1, -0.05) is 0 Å². The van der Waals surface area contributed by atoms with Crippen molar-refractivity contribution in [3.05, 3.63) is 24.3 Å². The van der Waals surface area contributed by atoms with Crippen LogP contribution in [0.2, 0.25) is 0 Å². The van der Waals surface area contributed by atoms with E-state index < -0.39 is 0 Å². The summed E-state index contributed by atoms with van der Waals surface area (Å²) < 4.78 is 5.60. The number of nitrogens with one attached hydrogen (secondary N) is 2. The molecule has 0 aliphatic carbocycles. The summed E-state index contributed by atoms with van der Waals surface area (Å²) in [6.45, 7) is 9.05. The number of hydrogen-bond acceptors (Lipinski definition) is 3. The van der Waals surface area contributed by atoms with Crippen molar-refractivity contribution in [1.29, 1.82) is 0 Å². The minimum Gasteiger partial charge on any atom is -0.491 e. The average molecular weight is 347 g/mol. The van der Waals surface area contributed by atoms with Crippen molar-refractivity contribution >= 4 is 17.6 Å². The van der Waals surface area contributed by atoms with Crippen LogP contribution in [0.3, 0.4) is 0 Å². The van der Waals surface area contributed by atoms with Crippen LogP contribution in [0.25, 0.3) is 0 Å². The summed E-state index contributed by atoms with van der Waals surface area (Å²) in [5, 5.41) is 5.84. The molecule has 1 fully saturated rings. The fourth-order valence-corrected chi connectivity index (χ4v) is 2.82. The number of hydrogen-bond donors (Lipinski definition) is 2. The van der Waals surface area contributed by atoms with E-state index in [2.05, 4.69) is 10.6 Å². The number of likely N-dealkylation sites (tertiary alicyclic amines) is 1. The minimum absolute atomic E-state index is 0.0152. The van der Waals surface area contributed by atoms with Crippen molar-refractivity contribution in [2.24, 2.45) is 5.92 Å². The fourth-order valence-electron chi connectivity index (χ4n) is 2.82. The van der Waals surface area contributed by atoms with E-state index in [1.165, 1.54) is 0 Å². The van der Waals surface area contributed by atoms with Gasteiger partial charge in [0.2, 0.25) is 5.91 Å². The first-order chi connectivity index (χ1) is 11.8. The molecule has 6 nitrogen and oxygen atoms in total. The molecule has 2 rings (SSSR count). The first-order valence-corrected chi connectivity index (χ1v) is 8.98. The van der Waals surface area contributed by atoms with Crippen molar-refractivity contribution in [3.8, 4) is 5.75 Å². The molecule has 1 heterocycles. The lowest BCUT2D eigenvalue weighted by Crippen LogP contribution is -2.47. The smallest absolute Gasteiger partial charge is 0.317 e. The summed E-state index contributed by atoms with van der Waals surface area (Å²) in [6, 6.07) is 7.48. The van der Waals surface area contributed by atoms with Gasteiger partial charge in [0.05, 0.1) is 6.10 Å². The van der Waals surface area contributed by atoms with Crippen LogP contribution in [0, 0.1) is 5.92 Å². The largest absolute Gasteiger partial charge is 0.491 e. The molecule has 0 spiro atoms. The van der Waals surface area contributed by atoms with E-state index in [1.807, 2.05) is 52.0 Å². The zero-order chi connectivity index (χ0) is 18.4. The normalized spacial score (nSPS) is 15.4. The van der Waals surface area contributed by atoms with Crippen LogP contribution >= 0.6 is 0 Å². The molecule has 1 aliphatic heterocycles. The van der Waals surface area contributed by atoms with Gasteiger partial charge >= 0.3 is 6.03 Å². The lowest BCUT2D eigenvalue weighted by molar-refractivity contribution is -0.121. The van der Waals surface area contributed by atoms with Crippen LogP contribution < -0.4 is 15.4 Å². The molecule has 1 aliphatic rings. The molecule has 1 saturated heterocycles. The molecular formula is C19H29N3O3. The number of piperidine rings is 1. The predicted octanol–water partition coefficient (Wildman–Crippen LogP) is 3.24. The van der Waals surface area contributed by atoms with Gasteiger partial charge in [-0.05, 0) is 64.8 Å². The second kappa shape index (κ2) is 8.74. The quantitative estimate of drug-likeness (QED) is 0.859. The van der Waals surface area contributed by atoms with E-state index in [0.29, 0.717) is 25.9 Å². The van der Waals surface area contributed by atoms with Gasteiger partial charge in [-0.2, -0.15) is 0 Å². The standard InChI is InChI=1S/C19H29N3O3/c1-13(2)20-19(24)22-11-9-15(10-12-22)18(23)21-16-5-7-17(8-6-16)25-14(3)4/h5-8,13-15H,9-12H2,1-4H3,(H,20,24)(H,21,23). The molecule has 6 heteroatoms. The molecular weight excluding hydrogens is 318 g/mol. The van der Waals surface area contributed by atoms with Crippen LogP contribution in [0.5, 0.6) is 5.75 Å². The summed E-state index contributed by atoms with van der Waals surface area (Å²) in [5.41, 5.74) is 0.765. The third-order valence-electron chi connectivity index (χ3n) is 4.06. The number of amides is 3. The van der Waals surface area contributed by atoms with E-state index in [4.69, 9.17) is 4.74 Å². The van der Waals surface area contributed by atoms with Crippen molar-refractivity contribution < 1.29 is 14.3 Å². The second-order valence-electron chi connectivity index (χ2n) is 7.05. The van der Waals surface area contributed by atoms with Crippen molar-refractivity contribution in [2.75, 3.05) is 18.4 Å². The number of nitrogens with zero attached hydrogens (tertiary/aromatic N) is 1. The van der Waals surface area contributed by atoms with E-state index in [9.17, 15) is 9.59 Å². The first kappa shape index (κ1) is 19.1. The Morgan fingerprint density at radius 1 is 1.08 bits per heavy atom. The van der Waals surface area contributed by atoms with Gasteiger partial charge in [-0.15, -0.1) is 0 Å². The van der Waals surface area contributed by atoms with E-state index in [-0.39, 0.29) is 30.0 Å². The van der Waals surface area contributed by atoms with E-state index in [0.717, 1.165) is 11.4 Å². The predicted molar refractivity (Wildman–Crippen MR) is 98.8 cm³/mol. The number of carbonyl (C=O) groups is 2. The lowest BCUT2D eigenvalue weighted by atomic mass is 9.96. The van der Waals surface area contributed by atoms with Crippen LogP contribution in [0.4, 0.5) is 10.5 Å². The van der Waals surface area contributed by atoms with Crippen LogP contribution in [0.1, 0.15) is 40.5 Å². The van der Waals surface area contributed by atoms with Crippen molar-refractivity contribution in [1.82, 2.24) is 10.2 Å². The van der Waals surface area contributed by atoms with Crippen molar-refractivity contribution in [3.63, 3.8) is 0 Å². The monoisotopic (exact) mass is 347 g/mol. The highest BCUT2D eigenvalue weighted by Gasteiger charge is 2.27. The first-order valence-electron chi connectivity index (χ1n) is 8.98.